The molecule has 96 valence electrons. The SMILES string of the molecule is O=C(CCCCC(S)CCS)NOS(=O)O. The topological polar surface area (TPSA) is 75.6 Å². The van der Waals surface area contributed by atoms with Crippen LogP contribution in [-0.2, 0) is 20.4 Å². The van der Waals surface area contributed by atoms with Crippen LogP contribution < -0.4 is 5.48 Å². The first-order valence-electron chi connectivity index (χ1n) is 4.92. The molecule has 5 nitrogen and oxygen atoms in total. The van der Waals surface area contributed by atoms with Crippen molar-refractivity contribution in [1.82, 2.24) is 5.48 Å². The zero-order valence-electron chi connectivity index (χ0n) is 8.79. The van der Waals surface area contributed by atoms with Gasteiger partial charge < -0.3 is 0 Å². The highest BCUT2D eigenvalue weighted by molar-refractivity contribution is 7.81. The molecule has 0 aromatic rings. The smallest absolute Gasteiger partial charge is 0.282 e. The number of carbonyl (C=O) groups is 1. The van der Waals surface area contributed by atoms with E-state index in [-0.39, 0.29) is 6.42 Å². The minimum absolute atomic E-state index is 0.276. The van der Waals surface area contributed by atoms with Gasteiger partial charge in [0.1, 0.15) is 0 Å². The van der Waals surface area contributed by atoms with Crippen LogP contribution in [-0.4, -0.2) is 25.7 Å². The fourth-order valence-electron chi connectivity index (χ4n) is 1.09. The molecule has 0 aliphatic rings. The van der Waals surface area contributed by atoms with Crippen LogP contribution in [0.25, 0.3) is 0 Å². The van der Waals surface area contributed by atoms with Crippen LogP contribution in [0.4, 0.5) is 0 Å². The van der Waals surface area contributed by atoms with Crippen molar-refractivity contribution in [3.05, 3.63) is 0 Å². The Bertz CT molecular complexity index is 227. The maximum Gasteiger partial charge on any atom is 0.324 e. The van der Waals surface area contributed by atoms with Crippen LogP contribution in [0.3, 0.4) is 0 Å². The molecule has 1 amide bonds. The van der Waals surface area contributed by atoms with Gasteiger partial charge in [-0.3, -0.25) is 9.35 Å². The molecule has 0 aliphatic carbocycles. The number of rotatable bonds is 9. The summed E-state index contributed by atoms with van der Waals surface area (Å²) in [6.07, 6.45) is 3.75. The van der Waals surface area contributed by atoms with Crippen LogP contribution in [0.2, 0.25) is 0 Å². The van der Waals surface area contributed by atoms with Crippen LogP contribution in [0.15, 0.2) is 0 Å². The Balaban J connectivity index is 3.37. The summed E-state index contributed by atoms with van der Waals surface area (Å²) in [6, 6.07) is 0. The Morgan fingerprint density at radius 3 is 2.69 bits per heavy atom. The number of hydrogen-bond acceptors (Lipinski definition) is 5. The van der Waals surface area contributed by atoms with E-state index in [9.17, 15) is 9.00 Å². The van der Waals surface area contributed by atoms with Gasteiger partial charge in [0.05, 0.1) is 0 Å². The maximum atomic E-state index is 11.0. The highest BCUT2D eigenvalue weighted by Gasteiger charge is 2.05. The standard InChI is InChI=1S/C8H17NO4S3/c10-8(9-13-16(11)12)4-2-1-3-7(15)5-6-14/h7,14-15H,1-6H2,(H,9,10)(H,11,12). The van der Waals surface area contributed by atoms with Crippen molar-refractivity contribution in [2.45, 2.75) is 37.4 Å². The van der Waals surface area contributed by atoms with Crippen molar-refractivity contribution in [3.63, 3.8) is 0 Å². The van der Waals surface area contributed by atoms with Gasteiger partial charge in [-0.2, -0.15) is 29.5 Å². The minimum Gasteiger partial charge on any atom is -0.282 e. The van der Waals surface area contributed by atoms with Gasteiger partial charge in [-0.1, -0.05) is 6.42 Å². The fourth-order valence-corrected chi connectivity index (χ4v) is 2.08. The Kier molecular flexibility index (Phi) is 10.6. The molecule has 0 spiro atoms. The lowest BCUT2D eigenvalue weighted by atomic mass is 10.1. The second-order valence-corrected chi connectivity index (χ2v) is 5.02. The van der Waals surface area contributed by atoms with Crippen molar-refractivity contribution in [1.29, 1.82) is 0 Å². The fraction of sp³-hybridized carbons (Fsp3) is 0.875. The number of hydroxylamine groups is 1. The highest BCUT2D eigenvalue weighted by Crippen LogP contribution is 2.12. The van der Waals surface area contributed by atoms with Gasteiger partial charge >= 0.3 is 11.4 Å². The third kappa shape index (κ3) is 10.7. The number of amides is 1. The Labute approximate surface area is 109 Å². The number of nitrogens with one attached hydrogen (secondary N) is 1. The van der Waals surface area contributed by atoms with E-state index >= 15 is 0 Å². The van der Waals surface area contributed by atoms with E-state index < -0.39 is 17.3 Å². The van der Waals surface area contributed by atoms with Gasteiger partial charge in [0.25, 0.3) is 0 Å². The van der Waals surface area contributed by atoms with Crippen LogP contribution >= 0.6 is 25.3 Å². The van der Waals surface area contributed by atoms with E-state index in [2.05, 4.69) is 29.5 Å². The molecule has 8 heteroatoms. The molecule has 0 radical (unpaired) electrons. The third-order valence-electron chi connectivity index (χ3n) is 1.88. The molecule has 0 saturated carbocycles. The summed E-state index contributed by atoms with van der Waals surface area (Å²) in [7, 11) is 0. The predicted molar refractivity (Wildman–Crippen MR) is 69.7 cm³/mol. The Hall–Kier alpha value is 0.240. The van der Waals surface area contributed by atoms with Crippen molar-refractivity contribution in [2.24, 2.45) is 0 Å². The summed E-state index contributed by atoms with van der Waals surface area (Å²) in [6.45, 7) is 0. The van der Waals surface area contributed by atoms with Gasteiger partial charge in [-0.15, -0.1) is 4.28 Å². The average molecular weight is 287 g/mol. The number of hydrogen-bond donors (Lipinski definition) is 4. The highest BCUT2D eigenvalue weighted by atomic mass is 32.2. The van der Waals surface area contributed by atoms with Gasteiger partial charge in [0.2, 0.25) is 5.91 Å². The second kappa shape index (κ2) is 10.4. The van der Waals surface area contributed by atoms with Gasteiger partial charge in [0.15, 0.2) is 0 Å². The van der Waals surface area contributed by atoms with E-state index in [4.69, 9.17) is 4.55 Å². The van der Waals surface area contributed by atoms with Crippen molar-refractivity contribution >= 4 is 42.5 Å². The minimum atomic E-state index is -2.46. The molecular weight excluding hydrogens is 270 g/mol. The lowest BCUT2D eigenvalue weighted by Crippen LogP contribution is -2.24. The first kappa shape index (κ1) is 16.2. The molecule has 2 atom stereocenters. The third-order valence-corrected chi connectivity index (χ3v) is 2.88. The van der Waals surface area contributed by atoms with Crippen molar-refractivity contribution in [3.8, 4) is 0 Å². The lowest BCUT2D eigenvalue weighted by molar-refractivity contribution is -0.127. The van der Waals surface area contributed by atoms with E-state index in [0.717, 1.165) is 25.0 Å². The summed E-state index contributed by atoms with van der Waals surface area (Å²) in [5.74, 6) is 0.414. The molecule has 0 aromatic carbocycles. The summed E-state index contributed by atoms with van der Waals surface area (Å²) in [4.78, 5) is 11.0. The molecular formula is C8H17NO4S3. The molecule has 0 rings (SSSR count). The summed E-state index contributed by atoms with van der Waals surface area (Å²) in [5.41, 5.74) is 1.87. The molecule has 0 saturated heterocycles. The molecule has 2 N–H and O–H groups in total. The molecule has 0 aromatic heterocycles. The van der Waals surface area contributed by atoms with E-state index in [1.807, 2.05) is 5.48 Å². The molecule has 0 aliphatic heterocycles. The second-order valence-electron chi connectivity index (χ2n) is 3.24. The lowest BCUT2D eigenvalue weighted by Gasteiger charge is -2.07. The van der Waals surface area contributed by atoms with Gasteiger partial charge in [-0.25, -0.2) is 5.48 Å². The predicted octanol–water partition coefficient (Wildman–Crippen LogP) is 1.35. The Morgan fingerprint density at radius 2 is 2.12 bits per heavy atom. The van der Waals surface area contributed by atoms with E-state index in [1.54, 1.807) is 0 Å². The van der Waals surface area contributed by atoms with Gasteiger partial charge in [-0.05, 0) is 25.0 Å². The zero-order chi connectivity index (χ0) is 12.4. The van der Waals surface area contributed by atoms with E-state index in [1.165, 1.54) is 0 Å². The molecule has 16 heavy (non-hydrogen) atoms. The number of carbonyl (C=O) groups excluding carboxylic acids is 1. The summed E-state index contributed by atoms with van der Waals surface area (Å²) >= 11 is 6.00. The monoisotopic (exact) mass is 287 g/mol. The number of unbranched alkanes of at least 4 members (excludes halogenated alkanes) is 1. The van der Waals surface area contributed by atoms with E-state index in [0.29, 0.717) is 11.7 Å². The summed E-state index contributed by atoms with van der Waals surface area (Å²) < 4.78 is 22.3. The normalized spacial score (nSPS) is 14.4. The largest absolute Gasteiger partial charge is 0.324 e. The van der Waals surface area contributed by atoms with Crippen LogP contribution in [0, 0.1) is 0 Å². The van der Waals surface area contributed by atoms with Crippen LogP contribution in [0.1, 0.15) is 32.1 Å². The van der Waals surface area contributed by atoms with Gasteiger partial charge in [0, 0.05) is 11.7 Å². The molecule has 0 bridgehead atoms. The zero-order valence-corrected chi connectivity index (χ0v) is 11.4. The summed E-state index contributed by atoms with van der Waals surface area (Å²) in [5, 5.41) is 0.321. The van der Waals surface area contributed by atoms with Crippen molar-refractivity contribution in [2.75, 3.05) is 5.75 Å². The molecule has 0 heterocycles. The first-order valence-corrected chi connectivity index (χ1v) is 7.10. The average Bonchev–Trinajstić information content (AvgIpc) is 2.22. The first-order chi connectivity index (χ1) is 7.56. The van der Waals surface area contributed by atoms with Crippen LogP contribution in [0.5, 0.6) is 0 Å². The molecule has 2 unspecified atom stereocenters. The number of thiol groups is 2. The molecule has 0 fully saturated rings. The van der Waals surface area contributed by atoms with Crippen molar-refractivity contribution < 1.29 is 17.8 Å². The maximum absolute atomic E-state index is 11.0. The quantitative estimate of drug-likeness (QED) is 0.223. The Morgan fingerprint density at radius 1 is 1.44 bits per heavy atom.